The zero-order valence-electron chi connectivity index (χ0n) is 25.3. The predicted molar refractivity (Wildman–Crippen MR) is 168 cm³/mol. The summed E-state index contributed by atoms with van der Waals surface area (Å²) in [4.78, 5) is 36.0. The Morgan fingerprint density at radius 2 is 1.64 bits per heavy atom. The summed E-state index contributed by atoms with van der Waals surface area (Å²) in [5.74, 6) is -0.216. The maximum Gasteiger partial charge on any atom is 0.272 e. The molecular weight excluding hydrogens is 571 g/mol. The van der Waals surface area contributed by atoms with E-state index in [1.54, 1.807) is 41.3 Å². The number of fused-ring (bicyclic) bond motifs is 1. The molecule has 0 N–H and O–H groups in total. The Morgan fingerprint density at radius 1 is 0.911 bits per heavy atom. The molecule has 45 heavy (non-hydrogen) atoms. The van der Waals surface area contributed by atoms with Gasteiger partial charge in [-0.3, -0.25) is 9.59 Å². The van der Waals surface area contributed by atoms with Crippen LogP contribution in [-0.2, 0) is 12.0 Å². The molecule has 2 aliphatic heterocycles. The fourth-order valence-electron chi connectivity index (χ4n) is 6.29. The van der Waals surface area contributed by atoms with Crippen LogP contribution in [0.15, 0.2) is 72.8 Å². The van der Waals surface area contributed by atoms with Crippen LogP contribution in [0.2, 0.25) is 0 Å². The van der Waals surface area contributed by atoms with Crippen molar-refractivity contribution >= 4 is 22.7 Å². The zero-order chi connectivity index (χ0) is 31.4. The van der Waals surface area contributed by atoms with Gasteiger partial charge in [0.05, 0.1) is 29.7 Å². The summed E-state index contributed by atoms with van der Waals surface area (Å²) in [6.45, 7) is 2.26. The number of aromatic nitrogens is 1. The summed E-state index contributed by atoms with van der Waals surface area (Å²) in [6, 6.07) is 23.7. The molecule has 1 aromatic heterocycles. The number of methoxy groups -OCH3 is 1. The molecule has 2 fully saturated rings. The number of ether oxygens (including phenoxy) is 2. The van der Waals surface area contributed by atoms with Gasteiger partial charge >= 0.3 is 0 Å². The van der Waals surface area contributed by atoms with Crippen molar-refractivity contribution in [3.63, 3.8) is 0 Å². The third kappa shape index (κ3) is 6.18. The first-order valence-electron chi connectivity index (χ1n) is 15.4. The number of carbonyl (C=O) groups excluding carboxylic acids is 2. The number of nitriles is 1. The van der Waals surface area contributed by atoms with E-state index in [4.69, 9.17) is 14.5 Å². The van der Waals surface area contributed by atoms with Gasteiger partial charge in [-0.25, -0.2) is 9.37 Å². The van der Waals surface area contributed by atoms with Gasteiger partial charge in [0.15, 0.2) is 11.6 Å². The monoisotopic (exact) mass is 606 g/mol. The van der Waals surface area contributed by atoms with E-state index in [2.05, 4.69) is 6.07 Å². The zero-order valence-corrected chi connectivity index (χ0v) is 25.3. The molecule has 2 saturated heterocycles. The number of likely N-dealkylation sites (tertiary alicyclic amines) is 2. The summed E-state index contributed by atoms with van der Waals surface area (Å²) in [6.07, 6.45) is 3.99. The average Bonchev–Trinajstić information content (AvgIpc) is 3.10. The Kier molecular flexibility index (Phi) is 8.65. The van der Waals surface area contributed by atoms with Crippen molar-refractivity contribution in [2.45, 2.75) is 44.1 Å². The summed E-state index contributed by atoms with van der Waals surface area (Å²) in [5.41, 5.74) is 2.07. The molecule has 0 unspecified atom stereocenters. The van der Waals surface area contributed by atoms with E-state index in [0.717, 1.165) is 24.8 Å². The molecule has 3 heterocycles. The fraction of sp³-hybridized carbons (Fsp3) is 0.333. The van der Waals surface area contributed by atoms with Crippen molar-refractivity contribution in [3.8, 4) is 17.6 Å². The second kappa shape index (κ2) is 12.9. The maximum atomic E-state index is 14.2. The molecule has 2 aliphatic rings. The minimum atomic E-state index is -0.641. The van der Waals surface area contributed by atoms with Crippen molar-refractivity contribution in [3.05, 3.63) is 101 Å². The van der Waals surface area contributed by atoms with Gasteiger partial charge in [-0.2, -0.15) is 5.26 Å². The molecule has 0 saturated carbocycles. The normalized spacial score (nSPS) is 16.2. The van der Waals surface area contributed by atoms with Gasteiger partial charge in [0.2, 0.25) is 0 Å². The van der Waals surface area contributed by atoms with E-state index in [9.17, 15) is 19.2 Å². The molecule has 0 spiro atoms. The van der Waals surface area contributed by atoms with E-state index in [1.165, 1.54) is 13.2 Å². The minimum absolute atomic E-state index is 0.119. The number of pyridine rings is 1. The van der Waals surface area contributed by atoms with Crippen LogP contribution in [0, 0.1) is 17.1 Å². The molecular formula is C36H35FN4O4. The predicted octanol–water partition coefficient (Wildman–Crippen LogP) is 6.29. The lowest BCUT2D eigenvalue weighted by Crippen LogP contribution is -2.45. The Hall–Kier alpha value is -4.97. The summed E-state index contributed by atoms with van der Waals surface area (Å²) in [5, 5.41) is 10.7. The maximum absolute atomic E-state index is 14.2. The molecule has 8 nitrogen and oxygen atoms in total. The van der Waals surface area contributed by atoms with Crippen LogP contribution in [-0.4, -0.2) is 59.9 Å². The van der Waals surface area contributed by atoms with Gasteiger partial charge in [-0.15, -0.1) is 0 Å². The summed E-state index contributed by atoms with van der Waals surface area (Å²) >= 11 is 0. The smallest absolute Gasteiger partial charge is 0.272 e. The summed E-state index contributed by atoms with van der Waals surface area (Å²) < 4.78 is 25.2. The highest BCUT2D eigenvalue weighted by molar-refractivity contribution is 6.09. The van der Waals surface area contributed by atoms with Crippen molar-refractivity contribution < 1.29 is 23.5 Å². The topological polar surface area (TPSA) is 95.8 Å². The largest absolute Gasteiger partial charge is 0.494 e. The lowest BCUT2D eigenvalue weighted by Gasteiger charge is -2.37. The highest BCUT2D eigenvalue weighted by Crippen LogP contribution is 2.35. The molecule has 2 amide bonds. The Bertz CT molecular complexity index is 1760. The van der Waals surface area contributed by atoms with Crippen LogP contribution in [0.1, 0.15) is 64.1 Å². The highest BCUT2D eigenvalue weighted by atomic mass is 19.1. The quantitative estimate of drug-likeness (QED) is 0.246. The summed E-state index contributed by atoms with van der Waals surface area (Å²) in [7, 11) is 1.41. The van der Waals surface area contributed by atoms with Gasteiger partial charge in [0.1, 0.15) is 18.1 Å². The van der Waals surface area contributed by atoms with E-state index in [0.29, 0.717) is 66.8 Å². The number of amides is 2. The first-order valence-corrected chi connectivity index (χ1v) is 15.4. The first kappa shape index (κ1) is 30.1. The van der Waals surface area contributed by atoms with Crippen molar-refractivity contribution in [2.24, 2.45) is 0 Å². The highest BCUT2D eigenvalue weighted by Gasteiger charge is 2.38. The van der Waals surface area contributed by atoms with Crippen LogP contribution < -0.4 is 9.47 Å². The number of carbonyl (C=O) groups is 2. The van der Waals surface area contributed by atoms with Crippen LogP contribution in [0.25, 0.3) is 10.9 Å². The second-order valence-electron chi connectivity index (χ2n) is 11.7. The molecule has 9 heteroatoms. The Balaban J connectivity index is 1.27. The van der Waals surface area contributed by atoms with Crippen molar-refractivity contribution in [1.82, 2.24) is 14.8 Å². The SMILES string of the molecule is COc1ccc(COc2ccc3nc(C(=O)N4CCC(C#N)(c5ccccc5)CC4)cc(C(=O)N4CCCCC4)c3c2)cc1F. The van der Waals surface area contributed by atoms with Crippen LogP contribution >= 0.6 is 0 Å². The molecule has 0 atom stereocenters. The van der Waals surface area contributed by atoms with Crippen LogP contribution in [0.3, 0.4) is 0 Å². The number of halogens is 1. The van der Waals surface area contributed by atoms with Crippen LogP contribution in [0.4, 0.5) is 4.39 Å². The van der Waals surface area contributed by atoms with Gasteiger partial charge in [-0.1, -0.05) is 36.4 Å². The number of rotatable bonds is 7. The van der Waals surface area contributed by atoms with E-state index < -0.39 is 11.2 Å². The third-order valence-corrected chi connectivity index (χ3v) is 8.94. The van der Waals surface area contributed by atoms with Crippen molar-refractivity contribution in [1.29, 1.82) is 5.26 Å². The number of benzene rings is 3. The van der Waals surface area contributed by atoms with Crippen molar-refractivity contribution in [2.75, 3.05) is 33.3 Å². The van der Waals surface area contributed by atoms with E-state index >= 15 is 0 Å². The Morgan fingerprint density at radius 3 is 2.33 bits per heavy atom. The molecule has 0 bridgehead atoms. The average molecular weight is 607 g/mol. The molecule has 6 rings (SSSR count). The standard InChI is InChI=1S/C36H35FN4O4/c1-44-33-13-10-25(20-30(33)37)23-45-27-11-12-31-28(21-27)29(34(42)40-16-6-3-7-17-40)22-32(39-31)35(43)41-18-14-36(24-38,15-19-41)26-8-4-2-5-9-26/h2,4-5,8-13,20-22H,3,6-7,14-19,23H2,1H3. The van der Waals surface area contributed by atoms with Gasteiger partial charge in [0.25, 0.3) is 11.8 Å². The second-order valence-corrected chi connectivity index (χ2v) is 11.7. The van der Waals surface area contributed by atoms with Gasteiger partial charge < -0.3 is 19.3 Å². The van der Waals surface area contributed by atoms with E-state index in [-0.39, 0.29) is 29.9 Å². The van der Waals surface area contributed by atoms with E-state index in [1.807, 2.05) is 35.2 Å². The lowest BCUT2D eigenvalue weighted by molar-refractivity contribution is 0.0686. The molecule has 0 aliphatic carbocycles. The third-order valence-electron chi connectivity index (χ3n) is 8.94. The van der Waals surface area contributed by atoms with Crippen LogP contribution in [0.5, 0.6) is 11.5 Å². The Labute approximate surface area is 262 Å². The molecule has 4 aromatic rings. The minimum Gasteiger partial charge on any atom is -0.494 e. The molecule has 3 aromatic carbocycles. The fourth-order valence-corrected chi connectivity index (χ4v) is 6.29. The molecule has 0 radical (unpaired) electrons. The lowest BCUT2D eigenvalue weighted by atomic mass is 9.74. The van der Waals surface area contributed by atoms with Gasteiger partial charge in [0, 0.05) is 31.6 Å². The first-order chi connectivity index (χ1) is 21.9. The number of piperidine rings is 2. The van der Waals surface area contributed by atoms with Gasteiger partial charge in [-0.05, 0) is 79.6 Å². The number of hydrogen-bond acceptors (Lipinski definition) is 6. The number of hydrogen-bond donors (Lipinski definition) is 0. The molecule has 230 valence electrons. The number of nitrogens with zero attached hydrogens (tertiary/aromatic N) is 4.